The number of rotatable bonds is 4. The minimum absolute atomic E-state index is 0.0239. The van der Waals surface area contributed by atoms with Crippen LogP contribution in [0.3, 0.4) is 0 Å². The molecule has 0 unspecified atom stereocenters. The molecule has 2 N–H and O–H groups in total. The number of anilines is 1. The summed E-state index contributed by atoms with van der Waals surface area (Å²) in [5, 5.41) is 6.03. The van der Waals surface area contributed by atoms with Gasteiger partial charge in [-0.05, 0) is 32.0 Å². The highest BCUT2D eigenvalue weighted by atomic mass is 16.2. The maximum Gasteiger partial charge on any atom is 0.272 e. The first kappa shape index (κ1) is 19.3. The van der Waals surface area contributed by atoms with Crippen LogP contribution in [0.4, 0.5) is 5.69 Å². The molecule has 1 spiro atoms. The molecule has 2 aromatic rings. The van der Waals surface area contributed by atoms with Crippen molar-refractivity contribution in [1.29, 1.82) is 0 Å². The summed E-state index contributed by atoms with van der Waals surface area (Å²) < 4.78 is 0. The largest absolute Gasteiger partial charge is 0.326 e. The average Bonchev–Trinajstić information content (AvgIpc) is 3.02. The summed E-state index contributed by atoms with van der Waals surface area (Å²) in [6.45, 7) is 5.79. The zero-order valence-corrected chi connectivity index (χ0v) is 16.9. The zero-order chi connectivity index (χ0) is 20.4. The van der Waals surface area contributed by atoms with E-state index in [2.05, 4.69) is 15.5 Å². The van der Waals surface area contributed by atoms with E-state index in [1.54, 1.807) is 0 Å². The van der Waals surface area contributed by atoms with Crippen LogP contribution in [-0.2, 0) is 9.59 Å². The van der Waals surface area contributed by atoms with Gasteiger partial charge in [-0.1, -0.05) is 41.5 Å². The molecule has 0 bridgehead atoms. The molecule has 150 valence electrons. The first-order valence-corrected chi connectivity index (χ1v) is 10.0. The van der Waals surface area contributed by atoms with Crippen molar-refractivity contribution in [2.24, 2.45) is 4.99 Å². The number of benzene rings is 2. The van der Waals surface area contributed by atoms with Crippen molar-refractivity contribution in [3.8, 4) is 0 Å². The molecule has 2 heterocycles. The Labute approximate surface area is 171 Å². The van der Waals surface area contributed by atoms with E-state index in [9.17, 15) is 9.59 Å². The molecule has 2 aromatic carbocycles. The first-order valence-electron chi connectivity index (χ1n) is 10.0. The molecule has 6 nitrogen and oxygen atoms in total. The molecule has 0 atom stereocenters. The van der Waals surface area contributed by atoms with Crippen LogP contribution in [0.15, 0.2) is 53.5 Å². The third kappa shape index (κ3) is 4.38. The van der Waals surface area contributed by atoms with Crippen LogP contribution in [-0.4, -0.2) is 47.7 Å². The van der Waals surface area contributed by atoms with Crippen LogP contribution in [0.5, 0.6) is 0 Å². The lowest BCUT2D eigenvalue weighted by molar-refractivity contribution is -0.119. The van der Waals surface area contributed by atoms with E-state index in [0.717, 1.165) is 22.4 Å². The number of carbonyl (C=O) groups excluding carboxylic acids is 2. The second-order valence-corrected chi connectivity index (χ2v) is 8.01. The van der Waals surface area contributed by atoms with E-state index in [-0.39, 0.29) is 11.8 Å². The average molecular weight is 390 g/mol. The fraction of sp³-hybridized carbons (Fsp3) is 0.348. The molecule has 4 rings (SSSR count). The van der Waals surface area contributed by atoms with Crippen LogP contribution < -0.4 is 10.6 Å². The topological polar surface area (TPSA) is 73.8 Å². The Hall–Kier alpha value is -2.99. The molecule has 0 aliphatic carbocycles. The van der Waals surface area contributed by atoms with Crippen LogP contribution in [0.25, 0.3) is 0 Å². The van der Waals surface area contributed by atoms with E-state index >= 15 is 0 Å². The lowest BCUT2D eigenvalue weighted by Crippen LogP contribution is -2.52. The molecule has 0 saturated carbocycles. The fourth-order valence-electron chi connectivity index (χ4n) is 3.91. The summed E-state index contributed by atoms with van der Waals surface area (Å²) >= 11 is 0. The first-order chi connectivity index (χ1) is 13.9. The molecular weight excluding hydrogens is 364 g/mol. The predicted octanol–water partition coefficient (Wildman–Crippen LogP) is 2.65. The Morgan fingerprint density at radius 3 is 2.52 bits per heavy atom. The molecule has 0 aromatic heterocycles. The smallest absolute Gasteiger partial charge is 0.272 e. The molecule has 2 amide bonds. The maximum atomic E-state index is 12.5. The molecule has 29 heavy (non-hydrogen) atoms. The van der Waals surface area contributed by atoms with Crippen molar-refractivity contribution < 1.29 is 9.59 Å². The summed E-state index contributed by atoms with van der Waals surface area (Å²) in [6.07, 6.45) is 1.40. The van der Waals surface area contributed by atoms with Crippen molar-refractivity contribution in [3.05, 3.63) is 65.2 Å². The summed E-state index contributed by atoms with van der Waals surface area (Å²) in [5.41, 5.74) is 3.91. The molecule has 2 aliphatic heterocycles. The van der Waals surface area contributed by atoms with Crippen molar-refractivity contribution in [1.82, 2.24) is 10.2 Å². The summed E-state index contributed by atoms with van der Waals surface area (Å²) in [4.78, 5) is 31.8. The Bertz CT molecular complexity index is 957. The highest BCUT2D eigenvalue weighted by Crippen LogP contribution is 2.29. The van der Waals surface area contributed by atoms with Gasteiger partial charge in [-0.2, -0.15) is 0 Å². The van der Waals surface area contributed by atoms with Crippen molar-refractivity contribution in [2.75, 3.05) is 25.0 Å². The van der Waals surface area contributed by atoms with Crippen LogP contribution in [0, 0.1) is 13.8 Å². The quantitative estimate of drug-likeness (QED) is 0.843. The fourth-order valence-corrected chi connectivity index (χ4v) is 3.91. The maximum absolute atomic E-state index is 12.5. The number of carbonyl (C=O) groups is 2. The van der Waals surface area contributed by atoms with Crippen LogP contribution >= 0.6 is 0 Å². The van der Waals surface area contributed by atoms with Crippen molar-refractivity contribution in [3.63, 3.8) is 0 Å². The molecule has 2 aliphatic rings. The second kappa shape index (κ2) is 7.79. The SMILES string of the molecule is Cc1ccc(NC(=O)CN2CCC3(CC2)N=C(c2cccc(C)c2)C(=O)N3)cc1. The Morgan fingerprint density at radius 2 is 1.83 bits per heavy atom. The Kier molecular flexibility index (Phi) is 5.20. The van der Waals surface area contributed by atoms with Gasteiger partial charge in [0.15, 0.2) is 0 Å². The van der Waals surface area contributed by atoms with Gasteiger partial charge in [-0.3, -0.25) is 19.5 Å². The number of nitrogens with one attached hydrogen (secondary N) is 2. The number of aliphatic imine (C=N–C) groups is 1. The standard InChI is InChI=1S/C23H26N4O2/c1-16-6-8-19(9-7-16)24-20(28)15-27-12-10-23(11-13-27)25-21(22(29)26-23)18-5-3-4-17(2)14-18/h3-9,14H,10-13,15H2,1-2H3,(H,24,28)(H,26,29). The second-order valence-electron chi connectivity index (χ2n) is 8.01. The zero-order valence-electron chi connectivity index (χ0n) is 16.9. The van der Waals surface area contributed by atoms with Crippen molar-refractivity contribution in [2.45, 2.75) is 32.4 Å². The van der Waals surface area contributed by atoms with Gasteiger partial charge in [0.1, 0.15) is 11.4 Å². The van der Waals surface area contributed by atoms with E-state index in [0.29, 0.717) is 38.2 Å². The summed E-state index contributed by atoms with van der Waals surface area (Å²) in [6, 6.07) is 15.6. The normalized spacial score (nSPS) is 18.4. The van der Waals surface area contributed by atoms with Crippen LogP contribution in [0.2, 0.25) is 0 Å². The van der Waals surface area contributed by atoms with E-state index in [1.807, 2.05) is 62.4 Å². The predicted molar refractivity (Wildman–Crippen MR) is 114 cm³/mol. The molecular formula is C23H26N4O2. The summed E-state index contributed by atoms with van der Waals surface area (Å²) in [7, 11) is 0. The van der Waals surface area contributed by atoms with Gasteiger partial charge in [0, 0.05) is 37.2 Å². The lowest BCUT2D eigenvalue weighted by Gasteiger charge is -2.36. The molecule has 1 saturated heterocycles. The van der Waals surface area contributed by atoms with Gasteiger partial charge in [-0.25, -0.2) is 0 Å². The van der Waals surface area contributed by atoms with E-state index in [4.69, 9.17) is 4.99 Å². The highest BCUT2D eigenvalue weighted by molar-refractivity contribution is 6.46. The minimum Gasteiger partial charge on any atom is -0.326 e. The van der Waals surface area contributed by atoms with E-state index < -0.39 is 5.66 Å². The molecule has 1 fully saturated rings. The van der Waals surface area contributed by atoms with Crippen LogP contribution in [0.1, 0.15) is 29.5 Å². The van der Waals surface area contributed by atoms with Gasteiger partial charge in [0.25, 0.3) is 5.91 Å². The molecule has 6 heteroatoms. The van der Waals surface area contributed by atoms with Gasteiger partial charge in [0.2, 0.25) is 5.91 Å². The number of piperidine rings is 1. The number of hydrogen-bond donors (Lipinski definition) is 2. The van der Waals surface area contributed by atoms with Gasteiger partial charge < -0.3 is 10.6 Å². The third-order valence-corrected chi connectivity index (χ3v) is 5.56. The number of aryl methyl sites for hydroxylation is 2. The van der Waals surface area contributed by atoms with E-state index in [1.165, 1.54) is 0 Å². The van der Waals surface area contributed by atoms with Crippen molar-refractivity contribution >= 4 is 23.2 Å². The monoisotopic (exact) mass is 390 g/mol. The minimum atomic E-state index is -0.542. The summed E-state index contributed by atoms with van der Waals surface area (Å²) in [5.74, 6) is -0.134. The van der Waals surface area contributed by atoms with Gasteiger partial charge in [-0.15, -0.1) is 0 Å². The lowest BCUT2D eigenvalue weighted by atomic mass is 9.98. The molecule has 0 radical (unpaired) electrons. The number of hydrogen-bond acceptors (Lipinski definition) is 4. The van der Waals surface area contributed by atoms with Gasteiger partial charge in [0.05, 0.1) is 6.54 Å². The number of amides is 2. The highest BCUT2D eigenvalue weighted by Gasteiger charge is 2.42. The Balaban J connectivity index is 1.36. The van der Waals surface area contributed by atoms with Gasteiger partial charge >= 0.3 is 0 Å². The third-order valence-electron chi connectivity index (χ3n) is 5.56. The number of nitrogens with zero attached hydrogens (tertiary/aromatic N) is 2. The Morgan fingerprint density at radius 1 is 1.10 bits per heavy atom. The number of likely N-dealkylation sites (tertiary alicyclic amines) is 1.